The van der Waals surface area contributed by atoms with E-state index in [2.05, 4.69) is 0 Å². The molecular weight excluding hydrogens is 688 g/mol. The van der Waals surface area contributed by atoms with Gasteiger partial charge >= 0.3 is 11.9 Å². The number of phenolic OH excluding ortho intramolecular Hbond substituents is 2. The third-order valence-corrected chi connectivity index (χ3v) is 8.40. The lowest BCUT2D eigenvalue weighted by molar-refractivity contribution is 0.0588. The minimum Gasteiger partial charge on any atom is -0.504 e. The van der Waals surface area contributed by atoms with E-state index in [4.69, 9.17) is 28.4 Å². The maximum absolute atomic E-state index is 13.7. The molecule has 54 heavy (non-hydrogen) atoms. The number of methoxy groups -OCH3 is 2. The summed E-state index contributed by atoms with van der Waals surface area (Å²) in [6.45, 7) is -0.0592. The van der Waals surface area contributed by atoms with Gasteiger partial charge in [-0.3, -0.25) is 0 Å². The summed E-state index contributed by atoms with van der Waals surface area (Å²) in [7, 11) is 2.37. The van der Waals surface area contributed by atoms with E-state index in [1.807, 2.05) is 121 Å². The predicted octanol–water partition coefficient (Wildman–Crippen LogP) is 8.65. The molecular formula is C44H38O10. The van der Waals surface area contributed by atoms with Crippen molar-refractivity contribution in [2.75, 3.05) is 14.2 Å². The third kappa shape index (κ3) is 8.56. The molecule has 0 atom stereocenters. The highest BCUT2D eigenvalue weighted by molar-refractivity contribution is 6.08. The summed E-state index contributed by atoms with van der Waals surface area (Å²) in [6.07, 6.45) is 0. The van der Waals surface area contributed by atoms with Crippen LogP contribution in [0.3, 0.4) is 0 Å². The van der Waals surface area contributed by atoms with Gasteiger partial charge < -0.3 is 38.6 Å². The summed E-state index contributed by atoms with van der Waals surface area (Å²) in [5.74, 6) is -3.06. The Balaban J connectivity index is 1.65. The summed E-state index contributed by atoms with van der Waals surface area (Å²) in [4.78, 5) is 27.4. The molecule has 0 fully saturated rings. The zero-order valence-corrected chi connectivity index (χ0v) is 29.7. The number of benzene rings is 6. The summed E-state index contributed by atoms with van der Waals surface area (Å²) in [5.41, 5.74) is 2.62. The molecule has 0 aliphatic rings. The third-order valence-electron chi connectivity index (χ3n) is 8.40. The van der Waals surface area contributed by atoms with Gasteiger partial charge in [0.1, 0.15) is 26.4 Å². The molecule has 0 radical (unpaired) electrons. The van der Waals surface area contributed by atoms with Gasteiger partial charge in [-0.05, 0) is 34.4 Å². The lowest BCUT2D eigenvalue weighted by Crippen LogP contribution is -2.13. The fourth-order valence-electron chi connectivity index (χ4n) is 5.76. The van der Waals surface area contributed by atoms with E-state index >= 15 is 0 Å². The van der Waals surface area contributed by atoms with Gasteiger partial charge in [-0.15, -0.1) is 0 Å². The van der Waals surface area contributed by atoms with Gasteiger partial charge in [-0.1, -0.05) is 121 Å². The molecule has 6 rings (SSSR count). The first-order valence-electron chi connectivity index (χ1n) is 17.0. The van der Waals surface area contributed by atoms with Crippen LogP contribution in [0.1, 0.15) is 43.0 Å². The zero-order valence-electron chi connectivity index (χ0n) is 29.7. The van der Waals surface area contributed by atoms with Crippen molar-refractivity contribution in [2.24, 2.45) is 0 Å². The number of hydrogen-bond acceptors (Lipinski definition) is 10. The highest BCUT2D eigenvalue weighted by Gasteiger charge is 2.35. The van der Waals surface area contributed by atoms with Gasteiger partial charge in [0.2, 0.25) is 11.5 Å². The molecule has 0 unspecified atom stereocenters. The standard InChI is InChI=1S/C44H38O10/c1-49-43(47)33-23-35(45)39(51-25-29-15-7-3-8-16-29)41(53-27-31-19-11-5-12-20-31)37(33)38-34(44(48)50-2)24-36(46)40(52-26-30-17-9-4-10-18-30)42(38)54-28-32-21-13-6-14-22-32/h3-24,45-46H,25-28H2,1-2H3. The van der Waals surface area contributed by atoms with Gasteiger partial charge in [0.15, 0.2) is 23.0 Å². The van der Waals surface area contributed by atoms with Crippen molar-refractivity contribution in [1.29, 1.82) is 0 Å². The average molecular weight is 727 g/mol. The molecule has 10 heteroatoms. The van der Waals surface area contributed by atoms with Crippen molar-refractivity contribution >= 4 is 11.9 Å². The Morgan fingerprint density at radius 2 is 0.685 bits per heavy atom. The first-order chi connectivity index (χ1) is 26.4. The molecule has 6 aromatic carbocycles. The number of rotatable bonds is 15. The van der Waals surface area contributed by atoms with Crippen LogP contribution in [0.15, 0.2) is 133 Å². The monoisotopic (exact) mass is 726 g/mol. The lowest BCUT2D eigenvalue weighted by atomic mass is 9.91. The quantitative estimate of drug-likeness (QED) is 0.0992. The largest absolute Gasteiger partial charge is 0.504 e. The second-order valence-corrected chi connectivity index (χ2v) is 12.0. The molecule has 0 bridgehead atoms. The van der Waals surface area contributed by atoms with Gasteiger partial charge in [-0.25, -0.2) is 9.59 Å². The van der Waals surface area contributed by atoms with Gasteiger partial charge in [0, 0.05) is 11.1 Å². The van der Waals surface area contributed by atoms with E-state index in [1.165, 1.54) is 26.4 Å². The van der Waals surface area contributed by atoms with Crippen LogP contribution >= 0.6 is 0 Å². The number of phenols is 2. The minimum absolute atomic E-state index is 0.00927. The Hall–Kier alpha value is -6.94. The maximum atomic E-state index is 13.7. The SMILES string of the molecule is COC(=O)c1cc(O)c(OCc2ccccc2)c(OCc2ccccc2)c1-c1c(C(=O)OC)cc(O)c(OCc2ccccc2)c1OCc1ccccc1. The van der Waals surface area contributed by atoms with E-state index in [1.54, 1.807) is 0 Å². The maximum Gasteiger partial charge on any atom is 0.338 e. The molecule has 0 aliphatic heterocycles. The summed E-state index contributed by atoms with van der Waals surface area (Å²) < 4.78 is 35.9. The Bertz CT molecular complexity index is 2030. The second kappa shape index (κ2) is 17.5. The van der Waals surface area contributed by atoms with Crippen LogP contribution < -0.4 is 18.9 Å². The Morgan fingerprint density at radius 1 is 0.426 bits per heavy atom. The molecule has 0 amide bonds. The summed E-state index contributed by atoms with van der Waals surface area (Å²) in [5, 5.41) is 23.0. The van der Waals surface area contributed by atoms with Crippen molar-refractivity contribution < 1.29 is 48.2 Å². The molecule has 0 spiro atoms. The fourth-order valence-corrected chi connectivity index (χ4v) is 5.76. The first kappa shape index (κ1) is 36.8. The minimum atomic E-state index is -0.871. The Kier molecular flexibility index (Phi) is 12.0. The fraction of sp³-hybridized carbons (Fsp3) is 0.136. The smallest absolute Gasteiger partial charge is 0.338 e. The molecule has 0 aromatic heterocycles. The molecule has 6 aromatic rings. The van der Waals surface area contributed by atoms with Crippen molar-refractivity contribution in [3.63, 3.8) is 0 Å². The van der Waals surface area contributed by atoms with Crippen molar-refractivity contribution in [3.05, 3.63) is 167 Å². The number of hydrogen-bond donors (Lipinski definition) is 2. The molecule has 10 nitrogen and oxygen atoms in total. The summed E-state index contributed by atoms with van der Waals surface area (Å²) in [6, 6.07) is 39.4. The average Bonchev–Trinajstić information content (AvgIpc) is 3.22. The zero-order chi connectivity index (χ0) is 37.9. The topological polar surface area (TPSA) is 130 Å². The van der Waals surface area contributed by atoms with Gasteiger partial charge in [-0.2, -0.15) is 0 Å². The molecule has 0 heterocycles. The van der Waals surface area contributed by atoms with Crippen molar-refractivity contribution in [3.8, 4) is 45.6 Å². The molecule has 274 valence electrons. The van der Waals surface area contributed by atoms with E-state index in [0.717, 1.165) is 22.3 Å². The van der Waals surface area contributed by atoms with Crippen LogP contribution in [0, 0.1) is 0 Å². The second-order valence-electron chi connectivity index (χ2n) is 12.0. The normalized spacial score (nSPS) is 10.6. The predicted molar refractivity (Wildman–Crippen MR) is 201 cm³/mol. The molecule has 2 N–H and O–H groups in total. The van der Waals surface area contributed by atoms with E-state index < -0.39 is 23.4 Å². The summed E-state index contributed by atoms with van der Waals surface area (Å²) >= 11 is 0. The van der Waals surface area contributed by atoms with Crippen LogP contribution in [-0.4, -0.2) is 36.4 Å². The molecule has 0 saturated carbocycles. The van der Waals surface area contributed by atoms with Crippen LogP contribution in [0.4, 0.5) is 0 Å². The van der Waals surface area contributed by atoms with Crippen LogP contribution in [0.25, 0.3) is 11.1 Å². The number of ether oxygens (including phenoxy) is 6. The first-order valence-corrected chi connectivity index (χ1v) is 17.0. The number of aromatic hydroxyl groups is 2. The number of carbonyl (C=O) groups excluding carboxylic acids is 2. The van der Waals surface area contributed by atoms with E-state index in [9.17, 15) is 19.8 Å². The highest BCUT2D eigenvalue weighted by atomic mass is 16.5. The van der Waals surface area contributed by atoms with E-state index in [0.29, 0.717) is 0 Å². The van der Waals surface area contributed by atoms with Crippen LogP contribution in [0.5, 0.6) is 34.5 Å². The van der Waals surface area contributed by atoms with E-state index in [-0.39, 0.29) is 71.7 Å². The number of esters is 2. The van der Waals surface area contributed by atoms with Gasteiger partial charge in [0.25, 0.3) is 0 Å². The van der Waals surface area contributed by atoms with Crippen LogP contribution in [-0.2, 0) is 35.9 Å². The Labute approximate surface area is 312 Å². The van der Waals surface area contributed by atoms with Crippen molar-refractivity contribution in [1.82, 2.24) is 0 Å². The number of carbonyl (C=O) groups is 2. The van der Waals surface area contributed by atoms with Crippen molar-refractivity contribution in [2.45, 2.75) is 26.4 Å². The molecule has 0 aliphatic carbocycles. The molecule has 0 saturated heterocycles. The highest BCUT2D eigenvalue weighted by Crippen LogP contribution is 2.55. The Morgan fingerprint density at radius 3 is 0.944 bits per heavy atom. The van der Waals surface area contributed by atoms with Gasteiger partial charge in [0.05, 0.1) is 25.3 Å². The lowest BCUT2D eigenvalue weighted by Gasteiger charge is -2.25. The van der Waals surface area contributed by atoms with Crippen LogP contribution in [0.2, 0.25) is 0 Å².